The van der Waals surface area contributed by atoms with Crippen molar-refractivity contribution in [2.75, 3.05) is 20.2 Å². The van der Waals surface area contributed by atoms with Crippen LogP contribution >= 0.6 is 11.3 Å². The smallest absolute Gasteiger partial charge is 0.410 e. The van der Waals surface area contributed by atoms with Crippen LogP contribution in [-0.4, -0.2) is 56.4 Å². The van der Waals surface area contributed by atoms with Crippen molar-refractivity contribution < 1.29 is 14.3 Å². The Hall–Kier alpha value is -2.68. The summed E-state index contributed by atoms with van der Waals surface area (Å²) in [4.78, 5) is 22.3. The van der Waals surface area contributed by atoms with E-state index in [0.29, 0.717) is 5.88 Å². The fourth-order valence-electron chi connectivity index (χ4n) is 3.23. The first-order valence-electron chi connectivity index (χ1n) is 10.6. The first-order valence-corrected chi connectivity index (χ1v) is 11.4. The summed E-state index contributed by atoms with van der Waals surface area (Å²) in [6, 6.07) is 1.86. The summed E-state index contributed by atoms with van der Waals surface area (Å²) in [5, 5.41) is 7.19. The highest BCUT2D eigenvalue weighted by Gasteiger charge is 2.22. The van der Waals surface area contributed by atoms with Crippen LogP contribution in [0.15, 0.2) is 23.8 Å². The molecular formula is C22H31N5O3S. The standard InChI is InChI=1S/C11H10N4OS.C11H21NO2/c1-7-13-9(6-17-7)8-5-15-10(3-4-12-15)11(14-8)16-2;1-11(2,3)14-10(13)12-8-6-4-5-7-9-12/h3-6H,1-2H3;4-9H2,1-3H3. The zero-order valence-corrected chi connectivity index (χ0v) is 19.7. The maximum Gasteiger partial charge on any atom is 0.410 e. The fraction of sp³-hybridized carbons (Fsp3) is 0.545. The molecule has 168 valence electrons. The van der Waals surface area contributed by atoms with Gasteiger partial charge in [-0.15, -0.1) is 11.3 Å². The van der Waals surface area contributed by atoms with Crippen molar-refractivity contribution in [2.24, 2.45) is 0 Å². The van der Waals surface area contributed by atoms with Crippen LogP contribution in [0.5, 0.6) is 5.88 Å². The number of methoxy groups -OCH3 is 1. The van der Waals surface area contributed by atoms with Crippen molar-refractivity contribution in [1.82, 2.24) is 24.5 Å². The van der Waals surface area contributed by atoms with Crippen LogP contribution in [0.25, 0.3) is 16.9 Å². The Balaban J connectivity index is 0.000000180. The van der Waals surface area contributed by atoms with Gasteiger partial charge in [0, 0.05) is 18.5 Å². The lowest BCUT2D eigenvalue weighted by Gasteiger charge is -2.26. The molecule has 8 nitrogen and oxygen atoms in total. The van der Waals surface area contributed by atoms with Gasteiger partial charge in [-0.3, -0.25) is 0 Å². The van der Waals surface area contributed by atoms with Gasteiger partial charge in [-0.25, -0.2) is 19.3 Å². The van der Waals surface area contributed by atoms with Gasteiger partial charge < -0.3 is 14.4 Å². The lowest BCUT2D eigenvalue weighted by atomic mass is 10.2. The van der Waals surface area contributed by atoms with Gasteiger partial charge in [0.2, 0.25) is 5.88 Å². The average Bonchev–Trinajstić information content (AvgIpc) is 3.27. The Labute approximate surface area is 187 Å². The third-order valence-electron chi connectivity index (χ3n) is 4.69. The topological polar surface area (TPSA) is 81.8 Å². The molecule has 1 aliphatic heterocycles. The van der Waals surface area contributed by atoms with Gasteiger partial charge in [-0.05, 0) is 46.6 Å². The number of thiazole rings is 1. The molecule has 0 saturated carbocycles. The van der Waals surface area contributed by atoms with E-state index in [9.17, 15) is 4.79 Å². The lowest BCUT2D eigenvalue weighted by Crippen LogP contribution is -2.37. The molecule has 0 atom stereocenters. The molecule has 9 heteroatoms. The van der Waals surface area contributed by atoms with Crippen LogP contribution in [-0.2, 0) is 4.74 Å². The number of likely N-dealkylation sites (tertiary alicyclic amines) is 1. The predicted octanol–water partition coefficient (Wildman–Crippen LogP) is 4.97. The van der Waals surface area contributed by atoms with Gasteiger partial charge in [0.05, 0.1) is 24.5 Å². The number of carbonyl (C=O) groups excluding carboxylic acids is 1. The number of rotatable bonds is 2. The molecule has 4 rings (SSSR count). The number of carbonyl (C=O) groups is 1. The van der Waals surface area contributed by atoms with Crippen molar-refractivity contribution >= 4 is 22.9 Å². The number of amides is 1. The highest BCUT2D eigenvalue weighted by atomic mass is 32.1. The molecule has 0 bridgehead atoms. The summed E-state index contributed by atoms with van der Waals surface area (Å²) >= 11 is 1.60. The predicted molar refractivity (Wildman–Crippen MR) is 122 cm³/mol. The lowest BCUT2D eigenvalue weighted by molar-refractivity contribution is 0.0257. The second-order valence-electron chi connectivity index (χ2n) is 8.43. The Morgan fingerprint density at radius 2 is 1.81 bits per heavy atom. The zero-order chi connectivity index (χ0) is 22.4. The van der Waals surface area contributed by atoms with Crippen LogP contribution in [0.2, 0.25) is 0 Å². The van der Waals surface area contributed by atoms with E-state index in [0.717, 1.165) is 47.8 Å². The van der Waals surface area contributed by atoms with Crippen LogP contribution in [0.1, 0.15) is 51.5 Å². The van der Waals surface area contributed by atoms with E-state index in [-0.39, 0.29) is 11.7 Å². The molecule has 0 unspecified atom stereocenters. The first-order chi connectivity index (χ1) is 14.8. The number of fused-ring (bicyclic) bond motifs is 1. The van der Waals surface area contributed by atoms with Gasteiger partial charge in [-0.1, -0.05) is 12.8 Å². The molecule has 1 aliphatic rings. The van der Waals surface area contributed by atoms with Crippen molar-refractivity contribution in [2.45, 2.75) is 59.0 Å². The van der Waals surface area contributed by atoms with E-state index in [4.69, 9.17) is 9.47 Å². The second-order valence-corrected chi connectivity index (χ2v) is 9.49. The van der Waals surface area contributed by atoms with Gasteiger partial charge in [0.1, 0.15) is 22.5 Å². The molecule has 4 heterocycles. The molecule has 1 saturated heterocycles. The molecule has 0 spiro atoms. The van der Waals surface area contributed by atoms with E-state index in [2.05, 4.69) is 15.1 Å². The van der Waals surface area contributed by atoms with Crippen molar-refractivity contribution in [3.8, 4) is 17.3 Å². The fourth-order valence-corrected chi connectivity index (χ4v) is 3.84. The van der Waals surface area contributed by atoms with Crippen molar-refractivity contribution in [1.29, 1.82) is 0 Å². The van der Waals surface area contributed by atoms with Crippen LogP contribution in [0.4, 0.5) is 4.79 Å². The largest absolute Gasteiger partial charge is 0.479 e. The van der Waals surface area contributed by atoms with E-state index in [1.807, 2.05) is 50.2 Å². The number of aryl methyl sites for hydroxylation is 1. The van der Waals surface area contributed by atoms with E-state index in [1.54, 1.807) is 29.2 Å². The third-order valence-corrected chi connectivity index (χ3v) is 5.46. The van der Waals surface area contributed by atoms with E-state index >= 15 is 0 Å². The third kappa shape index (κ3) is 6.40. The average molecular weight is 446 g/mol. The minimum absolute atomic E-state index is 0.153. The Kier molecular flexibility index (Phi) is 7.48. The summed E-state index contributed by atoms with van der Waals surface area (Å²) in [7, 11) is 1.60. The van der Waals surface area contributed by atoms with E-state index in [1.165, 1.54) is 12.8 Å². The molecule has 3 aromatic heterocycles. The molecule has 1 amide bonds. The monoisotopic (exact) mass is 445 g/mol. The molecule has 1 fully saturated rings. The van der Waals surface area contributed by atoms with Crippen LogP contribution in [0.3, 0.4) is 0 Å². The summed E-state index contributed by atoms with van der Waals surface area (Å²) in [5.41, 5.74) is 2.09. The minimum Gasteiger partial charge on any atom is -0.479 e. The normalized spacial score (nSPS) is 14.5. The summed E-state index contributed by atoms with van der Waals surface area (Å²) < 4.78 is 12.3. The van der Waals surface area contributed by atoms with Crippen molar-refractivity contribution in [3.63, 3.8) is 0 Å². The molecule has 0 aliphatic carbocycles. The molecule has 0 aromatic carbocycles. The summed E-state index contributed by atoms with van der Waals surface area (Å²) in [5.74, 6) is 0.561. The van der Waals surface area contributed by atoms with Gasteiger partial charge in [0.25, 0.3) is 0 Å². The van der Waals surface area contributed by atoms with Crippen LogP contribution in [0, 0.1) is 6.92 Å². The van der Waals surface area contributed by atoms with Gasteiger partial charge in [-0.2, -0.15) is 5.10 Å². The SMILES string of the molecule is CC(C)(C)OC(=O)N1CCCCCC1.COc1nc(-c2csc(C)n2)cn2nccc12. The number of ether oxygens (including phenoxy) is 2. The zero-order valence-electron chi connectivity index (χ0n) is 18.9. The highest BCUT2D eigenvalue weighted by Crippen LogP contribution is 2.24. The second kappa shape index (κ2) is 10.1. The quantitative estimate of drug-likeness (QED) is 0.554. The number of aromatic nitrogens is 4. The Morgan fingerprint density at radius 1 is 1.10 bits per heavy atom. The maximum atomic E-state index is 11.7. The molecule has 0 N–H and O–H groups in total. The maximum absolute atomic E-state index is 11.7. The van der Waals surface area contributed by atoms with Gasteiger partial charge >= 0.3 is 6.09 Å². The Bertz CT molecular complexity index is 1000. The Morgan fingerprint density at radius 3 is 2.39 bits per heavy atom. The molecular weight excluding hydrogens is 414 g/mol. The first kappa shape index (κ1) is 23.0. The number of nitrogens with zero attached hydrogens (tertiary/aromatic N) is 5. The summed E-state index contributed by atoms with van der Waals surface area (Å²) in [6.45, 7) is 9.40. The minimum atomic E-state index is -0.372. The molecule has 31 heavy (non-hydrogen) atoms. The summed E-state index contributed by atoms with van der Waals surface area (Å²) in [6.07, 6.45) is 8.11. The van der Waals surface area contributed by atoms with Crippen LogP contribution < -0.4 is 4.74 Å². The highest BCUT2D eigenvalue weighted by molar-refractivity contribution is 7.09. The number of hydrogen-bond acceptors (Lipinski definition) is 7. The van der Waals surface area contributed by atoms with E-state index < -0.39 is 0 Å². The van der Waals surface area contributed by atoms with Gasteiger partial charge in [0.15, 0.2) is 0 Å². The molecule has 3 aromatic rings. The molecule has 0 radical (unpaired) electrons. The van der Waals surface area contributed by atoms with Crippen molar-refractivity contribution in [3.05, 3.63) is 28.8 Å². The number of hydrogen-bond donors (Lipinski definition) is 0.